The van der Waals surface area contributed by atoms with Crippen molar-refractivity contribution in [1.29, 1.82) is 5.26 Å². The molecule has 2 heterocycles. The summed E-state index contributed by atoms with van der Waals surface area (Å²) in [6.07, 6.45) is 3.69. The van der Waals surface area contributed by atoms with Crippen molar-refractivity contribution in [1.82, 2.24) is 9.88 Å². The fourth-order valence-corrected chi connectivity index (χ4v) is 3.45. The Bertz CT molecular complexity index is 771. The molecule has 120 valence electrons. The first kappa shape index (κ1) is 15.7. The molecule has 1 aliphatic rings. The van der Waals surface area contributed by atoms with Gasteiger partial charge in [0.1, 0.15) is 11.9 Å². The van der Waals surface area contributed by atoms with Crippen LogP contribution in [0.1, 0.15) is 24.0 Å². The Morgan fingerprint density at radius 3 is 2.61 bits per heavy atom. The zero-order valence-corrected chi connectivity index (χ0v) is 13.8. The molecule has 1 saturated heterocycles. The molecular formula is C18H21FN4. The zero-order chi connectivity index (χ0) is 16.6. The van der Waals surface area contributed by atoms with E-state index in [4.69, 9.17) is 0 Å². The first-order valence-corrected chi connectivity index (χ1v) is 7.91. The van der Waals surface area contributed by atoms with E-state index in [9.17, 15) is 9.65 Å². The second kappa shape index (κ2) is 6.13. The lowest BCUT2D eigenvalue weighted by Crippen LogP contribution is -2.42. The highest BCUT2D eigenvalue weighted by Crippen LogP contribution is 2.33. The predicted molar refractivity (Wildman–Crippen MR) is 90.1 cm³/mol. The number of hydrogen-bond acceptors (Lipinski definition) is 4. The molecule has 4 nitrogen and oxygen atoms in total. The van der Waals surface area contributed by atoms with Gasteiger partial charge >= 0.3 is 0 Å². The Balaban J connectivity index is 2.08. The summed E-state index contributed by atoms with van der Waals surface area (Å²) in [6.45, 7) is 3.59. The van der Waals surface area contributed by atoms with Crippen LogP contribution in [0.4, 0.5) is 10.1 Å². The van der Waals surface area contributed by atoms with Crippen LogP contribution in [0.5, 0.6) is 0 Å². The lowest BCUT2D eigenvalue weighted by molar-refractivity contribution is 0.250. The minimum atomic E-state index is -0.281. The number of aryl methyl sites for hydroxylation is 1. The van der Waals surface area contributed by atoms with Gasteiger partial charge in [-0.1, -0.05) is 0 Å². The summed E-state index contributed by atoms with van der Waals surface area (Å²) in [6, 6.07) is 5.77. The maximum absolute atomic E-state index is 13.9. The summed E-state index contributed by atoms with van der Waals surface area (Å²) in [5.74, 6) is -0.281. The SMILES string of the molecule is Cc1cc(F)cc2c(N3CCC(N(C)C)CC3)c(C#N)cnc12. The number of nitrogens with zero attached hydrogens (tertiary/aromatic N) is 4. The quantitative estimate of drug-likeness (QED) is 0.855. The fourth-order valence-electron chi connectivity index (χ4n) is 3.45. The number of nitriles is 1. The molecule has 0 aliphatic carbocycles. The van der Waals surface area contributed by atoms with Crippen molar-refractivity contribution in [2.45, 2.75) is 25.8 Å². The van der Waals surface area contributed by atoms with Crippen LogP contribution in [0.3, 0.4) is 0 Å². The number of fused-ring (bicyclic) bond motifs is 1. The van der Waals surface area contributed by atoms with Crippen LogP contribution in [-0.4, -0.2) is 43.1 Å². The van der Waals surface area contributed by atoms with Crippen LogP contribution in [0.15, 0.2) is 18.3 Å². The molecule has 2 aromatic rings. The Morgan fingerprint density at radius 2 is 2.00 bits per heavy atom. The Hall–Kier alpha value is -2.19. The van der Waals surface area contributed by atoms with Crippen LogP contribution in [0, 0.1) is 24.1 Å². The number of rotatable bonds is 2. The highest BCUT2D eigenvalue weighted by molar-refractivity contribution is 5.96. The van der Waals surface area contributed by atoms with Gasteiger partial charge in [-0.05, 0) is 51.6 Å². The Labute approximate surface area is 136 Å². The molecule has 5 heteroatoms. The molecule has 0 unspecified atom stereocenters. The molecule has 0 atom stereocenters. The van der Waals surface area contributed by atoms with Crippen LogP contribution in [0.25, 0.3) is 10.9 Å². The predicted octanol–water partition coefficient (Wildman–Crippen LogP) is 3.08. The highest BCUT2D eigenvalue weighted by atomic mass is 19.1. The highest BCUT2D eigenvalue weighted by Gasteiger charge is 2.24. The van der Waals surface area contributed by atoms with Crippen LogP contribution < -0.4 is 4.90 Å². The van der Waals surface area contributed by atoms with E-state index in [1.807, 2.05) is 6.92 Å². The standard InChI is InChI=1S/C18H21FN4/c1-12-8-14(19)9-16-17(12)21-11-13(10-20)18(16)23-6-4-15(5-7-23)22(2)3/h8-9,11,15H,4-7H2,1-3H3. The van der Waals surface area contributed by atoms with Gasteiger partial charge in [0.25, 0.3) is 0 Å². The maximum Gasteiger partial charge on any atom is 0.124 e. The first-order valence-electron chi connectivity index (χ1n) is 7.91. The van der Waals surface area contributed by atoms with Gasteiger partial charge in [0.15, 0.2) is 0 Å². The number of hydrogen-bond donors (Lipinski definition) is 0. The summed E-state index contributed by atoms with van der Waals surface area (Å²) in [5, 5.41) is 10.2. The summed E-state index contributed by atoms with van der Waals surface area (Å²) in [4.78, 5) is 8.82. The average Bonchev–Trinajstić information content (AvgIpc) is 2.53. The van der Waals surface area contributed by atoms with Crippen molar-refractivity contribution in [2.75, 3.05) is 32.1 Å². The van der Waals surface area contributed by atoms with E-state index < -0.39 is 0 Å². The van der Waals surface area contributed by atoms with Crippen LogP contribution >= 0.6 is 0 Å². The maximum atomic E-state index is 13.9. The van der Waals surface area contributed by atoms with Crippen molar-refractivity contribution in [2.24, 2.45) is 0 Å². The molecule has 0 saturated carbocycles. The van der Waals surface area contributed by atoms with E-state index in [-0.39, 0.29) is 5.82 Å². The molecular weight excluding hydrogens is 291 g/mol. The summed E-state index contributed by atoms with van der Waals surface area (Å²) < 4.78 is 13.9. The number of benzene rings is 1. The molecule has 0 spiro atoms. The van der Waals surface area contributed by atoms with Crippen molar-refractivity contribution >= 4 is 16.6 Å². The minimum absolute atomic E-state index is 0.281. The van der Waals surface area contributed by atoms with Gasteiger partial charge in [-0.3, -0.25) is 4.98 Å². The van der Waals surface area contributed by atoms with Crippen molar-refractivity contribution in [3.05, 3.63) is 35.3 Å². The second-order valence-electron chi connectivity index (χ2n) is 6.43. The molecule has 0 radical (unpaired) electrons. The van der Waals surface area contributed by atoms with Gasteiger partial charge in [0.05, 0.1) is 16.8 Å². The van der Waals surface area contributed by atoms with Crippen molar-refractivity contribution in [3.8, 4) is 6.07 Å². The molecule has 0 amide bonds. The lowest BCUT2D eigenvalue weighted by Gasteiger charge is -2.37. The molecule has 0 bridgehead atoms. The molecule has 3 rings (SSSR count). The molecule has 1 aromatic heterocycles. The summed E-state index contributed by atoms with van der Waals surface area (Å²) in [5.41, 5.74) is 2.92. The number of aromatic nitrogens is 1. The summed E-state index contributed by atoms with van der Waals surface area (Å²) >= 11 is 0. The summed E-state index contributed by atoms with van der Waals surface area (Å²) in [7, 11) is 4.20. The molecule has 0 N–H and O–H groups in total. The van der Waals surface area contributed by atoms with Gasteiger partial charge in [-0.2, -0.15) is 5.26 Å². The molecule has 1 aliphatic heterocycles. The Morgan fingerprint density at radius 1 is 1.30 bits per heavy atom. The minimum Gasteiger partial charge on any atom is -0.370 e. The number of pyridine rings is 1. The van der Waals surface area contributed by atoms with Crippen molar-refractivity contribution < 1.29 is 4.39 Å². The number of anilines is 1. The third kappa shape index (κ3) is 2.87. The van der Waals surface area contributed by atoms with Gasteiger partial charge < -0.3 is 9.80 Å². The Kier molecular flexibility index (Phi) is 4.18. The molecule has 23 heavy (non-hydrogen) atoms. The van der Waals surface area contributed by atoms with E-state index in [1.54, 1.807) is 6.20 Å². The fraction of sp³-hybridized carbons (Fsp3) is 0.444. The smallest absolute Gasteiger partial charge is 0.124 e. The van der Waals surface area contributed by atoms with Gasteiger partial charge in [-0.15, -0.1) is 0 Å². The van der Waals surface area contributed by atoms with E-state index in [1.165, 1.54) is 12.1 Å². The third-order valence-corrected chi connectivity index (χ3v) is 4.73. The van der Waals surface area contributed by atoms with Gasteiger partial charge in [0, 0.05) is 30.7 Å². The average molecular weight is 312 g/mol. The lowest BCUT2D eigenvalue weighted by atomic mass is 10.00. The van der Waals surface area contributed by atoms with Crippen LogP contribution in [-0.2, 0) is 0 Å². The van der Waals surface area contributed by atoms with Crippen molar-refractivity contribution in [3.63, 3.8) is 0 Å². The second-order valence-corrected chi connectivity index (χ2v) is 6.43. The third-order valence-electron chi connectivity index (χ3n) is 4.73. The molecule has 1 fully saturated rings. The van der Waals surface area contributed by atoms with E-state index >= 15 is 0 Å². The van der Waals surface area contributed by atoms with E-state index in [0.29, 0.717) is 11.6 Å². The van der Waals surface area contributed by atoms with E-state index in [2.05, 4.69) is 34.9 Å². The molecule has 1 aromatic carbocycles. The monoisotopic (exact) mass is 312 g/mol. The van der Waals surface area contributed by atoms with E-state index in [0.717, 1.165) is 48.1 Å². The normalized spacial score (nSPS) is 16.1. The number of piperidine rings is 1. The topological polar surface area (TPSA) is 43.2 Å². The first-order chi connectivity index (χ1) is 11.0. The van der Waals surface area contributed by atoms with Gasteiger partial charge in [-0.25, -0.2) is 4.39 Å². The number of halogens is 1. The zero-order valence-electron chi connectivity index (χ0n) is 13.8. The van der Waals surface area contributed by atoms with Gasteiger partial charge in [0.2, 0.25) is 0 Å². The largest absolute Gasteiger partial charge is 0.370 e. The van der Waals surface area contributed by atoms with Crippen LogP contribution in [0.2, 0.25) is 0 Å².